The summed E-state index contributed by atoms with van der Waals surface area (Å²) in [5.41, 5.74) is 0.345. The smallest absolute Gasteiger partial charge is 0.330 e. The predicted octanol–water partition coefficient (Wildman–Crippen LogP) is 1.88. The molecule has 2 aliphatic carbocycles. The molecule has 2 atom stereocenters. The number of benzene rings is 1. The molecule has 5 nitrogen and oxygen atoms in total. The van der Waals surface area contributed by atoms with E-state index in [0.29, 0.717) is 0 Å². The van der Waals surface area contributed by atoms with Gasteiger partial charge in [-0.3, -0.25) is 4.79 Å². The predicted molar refractivity (Wildman–Crippen MR) is 71.2 cm³/mol. The second-order valence-corrected chi connectivity index (χ2v) is 5.79. The van der Waals surface area contributed by atoms with Crippen LogP contribution in [0.4, 0.5) is 4.39 Å². The van der Waals surface area contributed by atoms with Crippen LogP contribution >= 0.6 is 0 Å². The molecule has 1 aromatic rings. The zero-order valence-corrected chi connectivity index (χ0v) is 11.6. The number of aliphatic carboxylic acids is 1. The van der Waals surface area contributed by atoms with Crippen molar-refractivity contribution in [2.24, 2.45) is 11.3 Å². The van der Waals surface area contributed by atoms with Gasteiger partial charge in [0.15, 0.2) is 17.6 Å². The standard InChI is InChI=1S/C15H16FNO4/c1-21-11-3-2-8(6-10(11)16)12(14(19)20)17-13(18)9-7-15(9)4-5-15/h2-3,6,9,12H,4-5,7H2,1H3,(H,17,18)(H,19,20). The molecule has 0 saturated heterocycles. The zero-order chi connectivity index (χ0) is 15.2. The molecule has 0 heterocycles. The van der Waals surface area contributed by atoms with Crippen LogP contribution in [0.5, 0.6) is 5.75 Å². The normalized spacial score (nSPS) is 22.5. The summed E-state index contributed by atoms with van der Waals surface area (Å²) in [6.45, 7) is 0. The summed E-state index contributed by atoms with van der Waals surface area (Å²) >= 11 is 0. The van der Waals surface area contributed by atoms with Crippen molar-refractivity contribution in [3.8, 4) is 5.75 Å². The van der Waals surface area contributed by atoms with Crippen molar-refractivity contribution in [3.63, 3.8) is 0 Å². The SMILES string of the molecule is COc1ccc(C(NC(=O)C2CC23CC3)C(=O)O)cc1F. The van der Waals surface area contributed by atoms with Crippen LogP contribution in [0.15, 0.2) is 18.2 Å². The van der Waals surface area contributed by atoms with Gasteiger partial charge in [-0.1, -0.05) is 6.07 Å². The van der Waals surface area contributed by atoms with Crippen LogP contribution in [0.25, 0.3) is 0 Å². The van der Waals surface area contributed by atoms with Gasteiger partial charge in [-0.05, 0) is 42.4 Å². The first-order valence-electron chi connectivity index (χ1n) is 6.83. The van der Waals surface area contributed by atoms with Crippen LogP contribution in [0, 0.1) is 17.2 Å². The molecule has 0 aromatic heterocycles. The van der Waals surface area contributed by atoms with Crippen molar-refractivity contribution in [1.82, 2.24) is 5.32 Å². The first kappa shape index (κ1) is 13.9. The lowest BCUT2D eigenvalue weighted by molar-refractivity contribution is -0.142. The molecule has 6 heteroatoms. The molecule has 0 radical (unpaired) electrons. The van der Waals surface area contributed by atoms with Crippen molar-refractivity contribution in [2.75, 3.05) is 7.11 Å². The maximum Gasteiger partial charge on any atom is 0.330 e. The summed E-state index contributed by atoms with van der Waals surface area (Å²) in [6.07, 6.45) is 2.92. The average Bonchev–Trinajstić information content (AvgIpc) is 3.36. The molecule has 21 heavy (non-hydrogen) atoms. The number of rotatable bonds is 5. The lowest BCUT2D eigenvalue weighted by Crippen LogP contribution is -2.35. The van der Waals surface area contributed by atoms with E-state index in [1.54, 1.807) is 0 Å². The number of methoxy groups -OCH3 is 1. The lowest BCUT2D eigenvalue weighted by Gasteiger charge is -2.15. The summed E-state index contributed by atoms with van der Waals surface area (Å²) in [6, 6.07) is 2.64. The molecule has 2 saturated carbocycles. The molecular weight excluding hydrogens is 277 g/mol. The van der Waals surface area contributed by atoms with Crippen LogP contribution < -0.4 is 10.1 Å². The summed E-state index contributed by atoms with van der Waals surface area (Å²) in [5, 5.41) is 11.8. The summed E-state index contributed by atoms with van der Waals surface area (Å²) in [4.78, 5) is 23.4. The molecule has 3 rings (SSSR count). The van der Waals surface area contributed by atoms with Gasteiger partial charge in [0.25, 0.3) is 0 Å². The highest BCUT2D eigenvalue weighted by Gasteiger charge is 2.65. The van der Waals surface area contributed by atoms with E-state index >= 15 is 0 Å². The van der Waals surface area contributed by atoms with E-state index in [1.807, 2.05) is 0 Å². The summed E-state index contributed by atoms with van der Waals surface area (Å²) < 4.78 is 18.5. The number of carbonyl (C=O) groups is 2. The molecule has 2 aliphatic rings. The molecule has 112 valence electrons. The van der Waals surface area contributed by atoms with Gasteiger partial charge in [0, 0.05) is 5.92 Å². The van der Waals surface area contributed by atoms with Gasteiger partial charge in [0.1, 0.15) is 0 Å². The Labute approximate surface area is 121 Å². The number of hydrogen-bond donors (Lipinski definition) is 2. The molecule has 1 aromatic carbocycles. The fraction of sp³-hybridized carbons (Fsp3) is 0.467. The fourth-order valence-corrected chi connectivity index (χ4v) is 2.82. The minimum Gasteiger partial charge on any atom is -0.494 e. The van der Waals surface area contributed by atoms with Gasteiger partial charge in [-0.25, -0.2) is 9.18 Å². The minimum absolute atomic E-state index is 0.0355. The number of ether oxygens (including phenoxy) is 1. The lowest BCUT2D eigenvalue weighted by atomic mass is 10.1. The molecule has 0 aliphatic heterocycles. The van der Waals surface area contributed by atoms with Gasteiger partial charge in [-0.15, -0.1) is 0 Å². The maximum absolute atomic E-state index is 13.7. The van der Waals surface area contributed by atoms with E-state index < -0.39 is 17.8 Å². The van der Waals surface area contributed by atoms with Crippen LogP contribution in [-0.4, -0.2) is 24.1 Å². The molecule has 2 unspecified atom stereocenters. The fourth-order valence-electron chi connectivity index (χ4n) is 2.82. The third kappa shape index (κ3) is 2.46. The molecule has 2 N–H and O–H groups in total. The number of nitrogens with one attached hydrogen (secondary N) is 1. The van der Waals surface area contributed by atoms with Gasteiger partial charge in [-0.2, -0.15) is 0 Å². The summed E-state index contributed by atoms with van der Waals surface area (Å²) in [7, 11) is 1.33. The Hall–Kier alpha value is -2.11. The Kier molecular flexibility index (Phi) is 3.11. The van der Waals surface area contributed by atoms with E-state index in [2.05, 4.69) is 5.32 Å². The van der Waals surface area contributed by atoms with Crippen molar-refractivity contribution in [3.05, 3.63) is 29.6 Å². The van der Waals surface area contributed by atoms with Crippen LogP contribution in [0.1, 0.15) is 30.9 Å². The third-order valence-electron chi connectivity index (χ3n) is 4.44. The van der Waals surface area contributed by atoms with E-state index in [4.69, 9.17) is 4.74 Å². The van der Waals surface area contributed by atoms with Crippen LogP contribution in [0.3, 0.4) is 0 Å². The number of halogens is 1. The average molecular weight is 293 g/mol. The van der Waals surface area contributed by atoms with E-state index in [0.717, 1.165) is 25.3 Å². The molecule has 1 amide bonds. The highest BCUT2D eigenvalue weighted by molar-refractivity contribution is 5.88. The Bertz CT molecular complexity index is 612. The second-order valence-electron chi connectivity index (χ2n) is 5.79. The molecule has 0 bridgehead atoms. The van der Waals surface area contributed by atoms with Crippen molar-refractivity contribution in [1.29, 1.82) is 0 Å². The maximum atomic E-state index is 13.7. The van der Waals surface area contributed by atoms with Crippen LogP contribution in [-0.2, 0) is 9.59 Å². The van der Waals surface area contributed by atoms with Gasteiger partial charge in [0.2, 0.25) is 5.91 Å². The van der Waals surface area contributed by atoms with Gasteiger partial charge >= 0.3 is 5.97 Å². The van der Waals surface area contributed by atoms with E-state index in [9.17, 15) is 19.1 Å². The molecular formula is C15H16FNO4. The number of carboxylic acids is 1. The quantitative estimate of drug-likeness (QED) is 0.869. The monoisotopic (exact) mass is 293 g/mol. The van der Waals surface area contributed by atoms with E-state index in [1.165, 1.54) is 19.2 Å². The Morgan fingerprint density at radius 1 is 1.48 bits per heavy atom. The first-order valence-corrected chi connectivity index (χ1v) is 6.83. The topological polar surface area (TPSA) is 75.6 Å². The minimum atomic E-state index is -1.24. The van der Waals surface area contributed by atoms with E-state index in [-0.39, 0.29) is 28.6 Å². The van der Waals surface area contributed by atoms with Gasteiger partial charge in [0.05, 0.1) is 7.11 Å². The zero-order valence-electron chi connectivity index (χ0n) is 11.6. The number of hydrogen-bond acceptors (Lipinski definition) is 3. The number of carboxylic acid groups (broad SMARTS) is 1. The van der Waals surface area contributed by atoms with Gasteiger partial charge < -0.3 is 15.2 Å². The highest BCUT2D eigenvalue weighted by atomic mass is 19.1. The number of amides is 1. The van der Waals surface area contributed by atoms with Crippen molar-refractivity contribution in [2.45, 2.75) is 25.3 Å². The summed E-state index contributed by atoms with van der Waals surface area (Å²) in [5.74, 6) is -2.16. The third-order valence-corrected chi connectivity index (χ3v) is 4.44. The molecule has 1 spiro atoms. The second kappa shape index (κ2) is 4.72. The van der Waals surface area contributed by atoms with Crippen LogP contribution in [0.2, 0.25) is 0 Å². The van der Waals surface area contributed by atoms with Crippen molar-refractivity contribution < 1.29 is 23.8 Å². The largest absolute Gasteiger partial charge is 0.494 e. The molecule has 2 fully saturated rings. The Balaban J connectivity index is 1.76. The first-order chi connectivity index (χ1) is 9.97. The number of carbonyl (C=O) groups excluding carboxylic acids is 1. The Morgan fingerprint density at radius 2 is 2.19 bits per heavy atom. The van der Waals surface area contributed by atoms with Crippen molar-refractivity contribution >= 4 is 11.9 Å². The Morgan fingerprint density at radius 3 is 2.67 bits per heavy atom. The highest BCUT2D eigenvalue weighted by Crippen LogP contribution is 2.70.